The zero-order chi connectivity index (χ0) is 14.9. The van der Waals surface area contributed by atoms with Crippen molar-refractivity contribution >= 4 is 5.69 Å². The number of aromatic nitrogens is 2. The third-order valence-corrected chi connectivity index (χ3v) is 4.35. The van der Waals surface area contributed by atoms with E-state index in [-0.39, 0.29) is 5.75 Å². The van der Waals surface area contributed by atoms with E-state index in [1.54, 1.807) is 6.07 Å². The molecular formula is C17H20N4O. The minimum atomic E-state index is 0.277. The van der Waals surface area contributed by atoms with Crippen LogP contribution in [0.15, 0.2) is 30.5 Å². The monoisotopic (exact) mass is 296 g/mol. The summed E-state index contributed by atoms with van der Waals surface area (Å²) in [5, 5.41) is 13.6. The second kappa shape index (κ2) is 5.57. The Labute approximate surface area is 130 Å². The van der Waals surface area contributed by atoms with Crippen molar-refractivity contribution in [2.45, 2.75) is 18.8 Å². The summed E-state index contributed by atoms with van der Waals surface area (Å²) >= 11 is 0. The first-order chi connectivity index (χ1) is 10.8. The maximum absolute atomic E-state index is 10.2. The first-order valence-electron chi connectivity index (χ1n) is 7.94. The van der Waals surface area contributed by atoms with Gasteiger partial charge in [0.1, 0.15) is 17.3 Å². The second-order valence-electron chi connectivity index (χ2n) is 5.99. The molecule has 114 valence electrons. The molecule has 1 aromatic carbocycles. The van der Waals surface area contributed by atoms with Gasteiger partial charge >= 0.3 is 0 Å². The van der Waals surface area contributed by atoms with Gasteiger partial charge in [-0.2, -0.15) is 0 Å². The van der Waals surface area contributed by atoms with Crippen LogP contribution < -0.4 is 10.2 Å². The van der Waals surface area contributed by atoms with Crippen LogP contribution in [-0.4, -0.2) is 41.3 Å². The van der Waals surface area contributed by atoms with Gasteiger partial charge in [-0.3, -0.25) is 0 Å². The van der Waals surface area contributed by atoms with Crippen molar-refractivity contribution in [1.82, 2.24) is 15.3 Å². The van der Waals surface area contributed by atoms with Crippen molar-refractivity contribution < 1.29 is 5.11 Å². The van der Waals surface area contributed by atoms with Gasteiger partial charge in [0, 0.05) is 37.7 Å². The quantitative estimate of drug-likeness (QED) is 0.908. The molecule has 2 heterocycles. The van der Waals surface area contributed by atoms with Crippen LogP contribution in [0.25, 0.3) is 11.3 Å². The number of nitrogens with one attached hydrogen (secondary N) is 1. The molecule has 0 amide bonds. The van der Waals surface area contributed by atoms with E-state index in [0.29, 0.717) is 5.92 Å². The van der Waals surface area contributed by atoms with Crippen molar-refractivity contribution in [3.8, 4) is 17.0 Å². The van der Waals surface area contributed by atoms with Gasteiger partial charge in [-0.1, -0.05) is 12.1 Å². The fourth-order valence-corrected chi connectivity index (χ4v) is 2.94. The summed E-state index contributed by atoms with van der Waals surface area (Å²) < 4.78 is 0. The van der Waals surface area contributed by atoms with Gasteiger partial charge in [0.05, 0.1) is 11.9 Å². The normalized spacial score (nSPS) is 18.5. The number of rotatable bonds is 3. The first kappa shape index (κ1) is 13.5. The molecule has 0 radical (unpaired) electrons. The van der Waals surface area contributed by atoms with E-state index in [2.05, 4.69) is 15.2 Å². The van der Waals surface area contributed by atoms with E-state index in [4.69, 9.17) is 4.98 Å². The lowest BCUT2D eigenvalue weighted by atomic mass is 10.1. The topological polar surface area (TPSA) is 61.3 Å². The molecule has 2 aromatic rings. The Morgan fingerprint density at radius 3 is 2.64 bits per heavy atom. The van der Waals surface area contributed by atoms with Crippen molar-refractivity contribution in [3.05, 3.63) is 36.3 Å². The highest BCUT2D eigenvalue weighted by atomic mass is 16.3. The summed E-state index contributed by atoms with van der Waals surface area (Å²) in [6.07, 6.45) is 4.29. The Hall–Kier alpha value is -2.14. The van der Waals surface area contributed by atoms with E-state index in [1.807, 2.05) is 24.4 Å². The lowest BCUT2D eigenvalue weighted by Crippen LogP contribution is -2.43. The number of para-hydroxylation sites is 1. The van der Waals surface area contributed by atoms with Crippen LogP contribution in [-0.2, 0) is 0 Å². The highest BCUT2D eigenvalue weighted by Gasteiger charge is 2.28. The zero-order valence-corrected chi connectivity index (χ0v) is 12.5. The summed E-state index contributed by atoms with van der Waals surface area (Å²) in [6.45, 7) is 3.80. The third-order valence-electron chi connectivity index (χ3n) is 4.35. The molecule has 2 N–H and O–H groups in total. The van der Waals surface area contributed by atoms with E-state index in [9.17, 15) is 5.11 Å². The van der Waals surface area contributed by atoms with E-state index in [0.717, 1.165) is 48.9 Å². The molecule has 2 fully saturated rings. The summed E-state index contributed by atoms with van der Waals surface area (Å²) in [6, 6.07) is 7.43. The Kier molecular flexibility index (Phi) is 3.42. The summed E-state index contributed by atoms with van der Waals surface area (Å²) in [7, 11) is 0. The van der Waals surface area contributed by atoms with Crippen LogP contribution in [0.3, 0.4) is 0 Å². The van der Waals surface area contributed by atoms with E-state index < -0.39 is 0 Å². The van der Waals surface area contributed by atoms with Crippen molar-refractivity contribution in [2.24, 2.45) is 0 Å². The molecule has 2 aliphatic rings. The van der Waals surface area contributed by atoms with Gasteiger partial charge in [-0.25, -0.2) is 9.97 Å². The Balaban J connectivity index is 1.81. The van der Waals surface area contributed by atoms with Crippen LogP contribution in [0.4, 0.5) is 5.69 Å². The standard InChI is InChI=1S/C17H20N4O/c22-15-4-2-1-3-13(15)16-14(21-9-7-18-8-10-21)11-19-17(20-16)12-5-6-12/h1-4,11-12,18,22H,5-10H2. The smallest absolute Gasteiger partial charge is 0.132 e. The number of phenols is 1. The number of anilines is 1. The molecule has 1 aromatic heterocycles. The maximum Gasteiger partial charge on any atom is 0.132 e. The second-order valence-corrected chi connectivity index (χ2v) is 5.99. The predicted octanol–water partition coefficient (Wildman–Crippen LogP) is 2.14. The summed E-state index contributed by atoms with van der Waals surface area (Å²) in [5.41, 5.74) is 2.67. The molecule has 5 nitrogen and oxygen atoms in total. The number of phenolic OH excluding ortho intramolecular Hbond substituents is 1. The summed E-state index contributed by atoms with van der Waals surface area (Å²) in [4.78, 5) is 11.7. The number of nitrogens with zero attached hydrogens (tertiary/aromatic N) is 3. The first-order valence-corrected chi connectivity index (χ1v) is 7.94. The maximum atomic E-state index is 10.2. The lowest BCUT2D eigenvalue weighted by Gasteiger charge is -2.30. The van der Waals surface area contributed by atoms with Gasteiger partial charge < -0.3 is 15.3 Å². The number of aromatic hydroxyl groups is 1. The number of benzene rings is 1. The Morgan fingerprint density at radius 1 is 1.14 bits per heavy atom. The van der Waals surface area contributed by atoms with Crippen molar-refractivity contribution in [1.29, 1.82) is 0 Å². The minimum absolute atomic E-state index is 0.277. The molecule has 1 saturated carbocycles. The third kappa shape index (κ3) is 2.52. The van der Waals surface area contributed by atoms with E-state index >= 15 is 0 Å². The fraction of sp³-hybridized carbons (Fsp3) is 0.412. The highest BCUT2D eigenvalue weighted by Crippen LogP contribution is 2.41. The van der Waals surface area contributed by atoms with E-state index in [1.165, 1.54) is 12.8 Å². The van der Waals surface area contributed by atoms with Gasteiger partial charge in [0.15, 0.2) is 0 Å². The average Bonchev–Trinajstić information content (AvgIpc) is 3.41. The Bertz CT molecular complexity index is 678. The predicted molar refractivity (Wildman–Crippen MR) is 86.2 cm³/mol. The zero-order valence-electron chi connectivity index (χ0n) is 12.5. The number of piperazine rings is 1. The number of hydrogen-bond donors (Lipinski definition) is 2. The molecule has 0 spiro atoms. The molecule has 1 aliphatic heterocycles. The SMILES string of the molecule is Oc1ccccc1-c1nc(C2CC2)ncc1N1CCNCC1. The Morgan fingerprint density at radius 2 is 1.91 bits per heavy atom. The van der Waals surface area contributed by atoms with Gasteiger partial charge in [-0.15, -0.1) is 0 Å². The molecule has 0 unspecified atom stereocenters. The van der Waals surface area contributed by atoms with Gasteiger partial charge in [0.25, 0.3) is 0 Å². The molecule has 22 heavy (non-hydrogen) atoms. The van der Waals surface area contributed by atoms with Crippen LogP contribution in [0.5, 0.6) is 5.75 Å². The molecule has 1 saturated heterocycles. The minimum Gasteiger partial charge on any atom is -0.507 e. The summed E-state index contributed by atoms with van der Waals surface area (Å²) in [5.74, 6) is 1.69. The van der Waals surface area contributed by atoms with Gasteiger partial charge in [0.2, 0.25) is 0 Å². The molecule has 1 aliphatic carbocycles. The molecule has 0 bridgehead atoms. The molecule has 4 rings (SSSR count). The highest BCUT2D eigenvalue weighted by molar-refractivity contribution is 5.78. The largest absolute Gasteiger partial charge is 0.507 e. The van der Waals surface area contributed by atoms with Crippen LogP contribution in [0.2, 0.25) is 0 Å². The molecule has 5 heteroatoms. The fourth-order valence-electron chi connectivity index (χ4n) is 2.94. The molecular weight excluding hydrogens is 276 g/mol. The van der Waals surface area contributed by atoms with Crippen molar-refractivity contribution in [3.63, 3.8) is 0 Å². The average molecular weight is 296 g/mol. The van der Waals surface area contributed by atoms with Crippen LogP contribution in [0.1, 0.15) is 24.6 Å². The van der Waals surface area contributed by atoms with Crippen LogP contribution in [0, 0.1) is 0 Å². The van der Waals surface area contributed by atoms with Crippen LogP contribution >= 0.6 is 0 Å². The molecule has 0 atom stereocenters. The number of hydrogen-bond acceptors (Lipinski definition) is 5. The lowest BCUT2D eigenvalue weighted by molar-refractivity contribution is 0.477. The van der Waals surface area contributed by atoms with Gasteiger partial charge in [-0.05, 0) is 25.0 Å². The van der Waals surface area contributed by atoms with Crippen molar-refractivity contribution in [2.75, 3.05) is 31.1 Å².